The van der Waals surface area contributed by atoms with Gasteiger partial charge < -0.3 is 0 Å². The predicted molar refractivity (Wildman–Crippen MR) is 201 cm³/mol. The van der Waals surface area contributed by atoms with Gasteiger partial charge in [-0.25, -0.2) is 24.9 Å². The molecule has 0 fully saturated rings. The van der Waals surface area contributed by atoms with Crippen molar-refractivity contribution in [2.24, 2.45) is 0 Å². The molecule has 0 saturated carbocycles. The van der Waals surface area contributed by atoms with Crippen molar-refractivity contribution >= 4 is 5.57 Å². The largest absolute Gasteiger partial charge is 0.228 e. The first kappa shape index (κ1) is 31.0. The molecule has 5 heteroatoms. The van der Waals surface area contributed by atoms with Crippen LogP contribution in [-0.4, -0.2) is 24.9 Å². The van der Waals surface area contributed by atoms with E-state index in [0.717, 1.165) is 61.5 Å². The van der Waals surface area contributed by atoms with Crippen LogP contribution in [0.5, 0.6) is 0 Å². The topological polar surface area (TPSA) is 64.5 Å². The van der Waals surface area contributed by atoms with E-state index in [-0.39, 0.29) is 0 Å². The van der Waals surface area contributed by atoms with Crippen molar-refractivity contribution in [3.63, 3.8) is 0 Å². The third kappa shape index (κ3) is 6.78. The predicted octanol–water partition coefficient (Wildman–Crippen LogP) is 10.7. The molecule has 2 aromatic heterocycles. The number of aromatic nitrogens is 5. The Kier molecular flexibility index (Phi) is 8.89. The van der Waals surface area contributed by atoms with Gasteiger partial charge in [-0.15, -0.1) is 0 Å². The Morgan fingerprint density at radius 2 is 0.939 bits per heavy atom. The zero-order valence-corrected chi connectivity index (χ0v) is 27.2. The highest BCUT2D eigenvalue weighted by Gasteiger charge is 2.15. The van der Waals surface area contributed by atoms with E-state index in [1.165, 1.54) is 0 Å². The number of allylic oxidation sites excluding steroid dienone is 4. The molecule has 0 amide bonds. The van der Waals surface area contributed by atoms with E-state index < -0.39 is 0 Å². The molecule has 5 aromatic carbocycles. The molecule has 2 heterocycles. The van der Waals surface area contributed by atoms with Crippen LogP contribution in [-0.2, 0) is 0 Å². The third-order valence-electron chi connectivity index (χ3n) is 8.25. The Balaban J connectivity index is 1.23. The minimum absolute atomic E-state index is 0.545. The van der Waals surface area contributed by atoms with Crippen molar-refractivity contribution in [2.75, 3.05) is 0 Å². The fourth-order valence-electron chi connectivity index (χ4n) is 5.73. The number of hydrogen-bond acceptors (Lipinski definition) is 5. The maximum Gasteiger partial charge on any atom is 0.164 e. The summed E-state index contributed by atoms with van der Waals surface area (Å²) in [5.74, 6) is 2.42. The number of aryl methyl sites for hydroxylation is 1. The molecule has 7 aromatic rings. The molecular weight excluding hydrogens is 599 g/mol. The molecule has 0 bridgehead atoms. The second-order valence-corrected chi connectivity index (χ2v) is 11.5. The van der Waals surface area contributed by atoms with Crippen LogP contribution in [0.2, 0.25) is 0 Å². The van der Waals surface area contributed by atoms with Crippen LogP contribution < -0.4 is 0 Å². The Morgan fingerprint density at radius 1 is 0.469 bits per heavy atom. The van der Waals surface area contributed by atoms with Gasteiger partial charge in [-0.2, -0.15) is 0 Å². The van der Waals surface area contributed by atoms with E-state index >= 15 is 0 Å². The average molecular weight is 632 g/mol. The van der Waals surface area contributed by atoms with Crippen LogP contribution >= 0.6 is 0 Å². The van der Waals surface area contributed by atoms with Crippen molar-refractivity contribution in [2.45, 2.75) is 6.92 Å². The van der Waals surface area contributed by atoms with Crippen LogP contribution in [0, 0.1) is 6.92 Å². The first-order valence-electron chi connectivity index (χ1n) is 16.1. The zero-order chi connectivity index (χ0) is 33.6. The van der Waals surface area contributed by atoms with Gasteiger partial charge >= 0.3 is 0 Å². The van der Waals surface area contributed by atoms with Gasteiger partial charge in [0.25, 0.3) is 0 Å². The van der Waals surface area contributed by atoms with E-state index in [9.17, 15) is 0 Å². The second-order valence-electron chi connectivity index (χ2n) is 11.5. The molecule has 7 rings (SSSR count). The number of hydrogen-bond donors (Lipinski definition) is 0. The molecule has 0 atom stereocenters. The summed E-state index contributed by atoms with van der Waals surface area (Å²) in [6.45, 7) is 9.91. The van der Waals surface area contributed by atoms with Crippen LogP contribution in [0.3, 0.4) is 0 Å². The Bertz CT molecular complexity index is 2240. The van der Waals surface area contributed by atoms with Gasteiger partial charge in [-0.3, -0.25) is 0 Å². The van der Waals surface area contributed by atoms with Crippen molar-refractivity contribution in [1.29, 1.82) is 0 Å². The van der Waals surface area contributed by atoms with Crippen molar-refractivity contribution in [3.05, 3.63) is 182 Å². The van der Waals surface area contributed by atoms with Crippen LogP contribution in [0.1, 0.15) is 11.4 Å². The summed E-state index contributed by atoms with van der Waals surface area (Å²) >= 11 is 0. The van der Waals surface area contributed by atoms with E-state index in [1.54, 1.807) is 12.2 Å². The monoisotopic (exact) mass is 631 g/mol. The second kappa shape index (κ2) is 14.0. The van der Waals surface area contributed by atoms with Crippen molar-refractivity contribution in [3.8, 4) is 67.8 Å². The summed E-state index contributed by atoms with van der Waals surface area (Å²) in [6, 6.07) is 47.2. The van der Waals surface area contributed by atoms with E-state index in [1.807, 2.05) is 72.8 Å². The molecule has 0 aliphatic carbocycles. The normalized spacial score (nSPS) is 11.2. The first-order chi connectivity index (χ1) is 24.1. The molecule has 0 spiro atoms. The maximum atomic E-state index is 5.01. The maximum absolute atomic E-state index is 5.01. The average Bonchev–Trinajstić information content (AvgIpc) is 3.17. The highest BCUT2D eigenvalue weighted by atomic mass is 15.0. The summed E-state index contributed by atoms with van der Waals surface area (Å²) in [4.78, 5) is 24.4. The molecule has 0 aliphatic heterocycles. The molecule has 5 nitrogen and oxygen atoms in total. The lowest BCUT2D eigenvalue weighted by Crippen LogP contribution is -2.02. The fourth-order valence-corrected chi connectivity index (χ4v) is 5.73. The standard InChI is InChI=1S/C44H33N5/c1-4-15-31(5-2)41-47-42(35-20-13-8-14-21-35)49-43(48-41)36-24-22-32(23-25-36)38-27-26-37(28-30(38)3)44-45-39(33-16-9-6-10-17-33)29-40(46-44)34-18-11-7-12-19-34/h4-29H,1-2H2,3H3/b31-15+. The van der Waals surface area contributed by atoms with Gasteiger partial charge in [0, 0.05) is 33.4 Å². The molecule has 49 heavy (non-hydrogen) atoms. The molecular formula is C44H33N5. The smallest absolute Gasteiger partial charge is 0.164 e. The van der Waals surface area contributed by atoms with E-state index in [4.69, 9.17) is 24.9 Å². The number of benzene rings is 5. The summed E-state index contributed by atoms with van der Waals surface area (Å²) < 4.78 is 0. The first-order valence-corrected chi connectivity index (χ1v) is 16.1. The van der Waals surface area contributed by atoms with Gasteiger partial charge in [0.05, 0.1) is 11.4 Å². The lowest BCUT2D eigenvalue weighted by molar-refractivity contribution is 1.04. The van der Waals surface area contributed by atoms with E-state index in [0.29, 0.717) is 23.3 Å². The summed E-state index contributed by atoms with van der Waals surface area (Å²) in [7, 11) is 0. The lowest BCUT2D eigenvalue weighted by Gasteiger charge is -2.12. The zero-order valence-electron chi connectivity index (χ0n) is 27.2. The van der Waals surface area contributed by atoms with E-state index in [2.05, 4.69) is 92.9 Å². The Morgan fingerprint density at radius 3 is 1.45 bits per heavy atom. The minimum atomic E-state index is 0.545. The van der Waals surface area contributed by atoms with Crippen molar-refractivity contribution < 1.29 is 0 Å². The molecule has 234 valence electrons. The quantitative estimate of drug-likeness (QED) is 0.148. The van der Waals surface area contributed by atoms with Crippen LogP contribution in [0.4, 0.5) is 0 Å². The molecule has 0 saturated heterocycles. The molecule has 0 aliphatic rings. The highest BCUT2D eigenvalue weighted by molar-refractivity contribution is 5.77. The van der Waals surface area contributed by atoms with Gasteiger partial charge in [0.1, 0.15) is 0 Å². The van der Waals surface area contributed by atoms with Gasteiger partial charge in [0.2, 0.25) is 0 Å². The number of rotatable bonds is 9. The highest BCUT2D eigenvalue weighted by Crippen LogP contribution is 2.32. The fraction of sp³-hybridized carbons (Fsp3) is 0.0227. The lowest BCUT2D eigenvalue weighted by atomic mass is 9.97. The van der Waals surface area contributed by atoms with Gasteiger partial charge in [0.15, 0.2) is 23.3 Å². The third-order valence-corrected chi connectivity index (χ3v) is 8.25. The summed E-state index contributed by atoms with van der Waals surface area (Å²) in [5.41, 5.74) is 10.8. The summed E-state index contributed by atoms with van der Waals surface area (Å²) in [6.07, 6.45) is 5.29. The van der Waals surface area contributed by atoms with Crippen molar-refractivity contribution in [1.82, 2.24) is 24.9 Å². The Hall–Kier alpha value is -6.59. The number of nitrogens with zero attached hydrogens (tertiary/aromatic N) is 5. The van der Waals surface area contributed by atoms with Crippen LogP contribution in [0.15, 0.2) is 171 Å². The molecule has 0 N–H and O–H groups in total. The summed E-state index contributed by atoms with van der Waals surface area (Å²) in [5, 5.41) is 0. The molecule has 0 radical (unpaired) electrons. The van der Waals surface area contributed by atoms with Gasteiger partial charge in [-0.1, -0.05) is 159 Å². The van der Waals surface area contributed by atoms with Crippen LogP contribution in [0.25, 0.3) is 73.4 Å². The molecule has 0 unspecified atom stereocenters. The van der Waals surface area contributed by atoms with Gasteiger partial charge in [-0.05, 0) is 35.7 Å². The Labute approximate surface area is 286 Å². The minimum Gasteiger partial charge on any atom is -0.228 e. The SMILES string of the molecule is C=C/C=C(\C=C)c1nc(-c2ccccc2)nc(-c2ccc(-c3ccc(-c4nc(-c5ccccc5)cc(-c5ccccc5)n4)cc3C)cc2)n1.